The molecule has 0 spiro atoms. The molecular formula is C17H20N2O4S. The van der Waals surface area contributed by atoms with Crippen molar-refractivity contribution in [2.75, 3.05) is 13.1 Å². The number of amides is 1. The molecular weight excluding hydrogens is 328 g/mol. The predicted octanol–water partition coefficient (Wildman–Crippen LogP) is 2.42. The average Bonchev–Trinajstić information content (AvgIpc) is 3.09. The molecule has 1 amide bonds. The summed E-state index contributed by atoms with van der Waals surface area (Å²) >= 11 is 0. The highest BCUT2D eigenvalue weighted by Crippen LogP contribution is 2.30. The van der Waals surface area contributed by atoms with Crippen LogP contribution in [-0.4, -0.2) is 37.8 Å². The highest BCUT2D eigenvalue weighted by molar-refractivity contribution is 7.89. The maximum atomic E-state index is 12.7. The standard InChI is InChI=1S/C17H20N2O4S/c1-11-14-10-13(24(21,22)19-8-2-3-9-19)6-7-15(14)23-16(11)17(20)18-12-4-5-12/h6-7,10,12H,2-5,8-9H2,1H3,(H,18,20). The second-order valence-corrected chi connectivity index (χ2v) is 8.51. The molecule has 0 atom stereocenters. The number of hydrogen-bond acceptors (Lipinski definition) is 4. The molecule has 7 heteroatoms. The molecule has 1 aromatic heterocycles. The number of sulfonamides is 1. The van der Waals surface area contributed by atoms with E-state index in [0.29, 0.717) is 29.6 Å². The van der Waals surface area contributed by atoms with Crippen molar-refractivity contribution in [1.29, 1.82) is 0 Å². The van der Waals surface area contributed by atoms with Crippen LogP contribution in [0.1, 0.15) is 41.8 Å². The predicted molar refractivity (Wildman–Crippen MR) is 89.4 cm³/mol. The van der Waals surface area contributed by atoms with Gasteiger partial charge in [-0.1, -0.05) is 0 Å². The second kappa shape index (κ2) is 5.60. The van der Waals surface area contributed by atoms with Crippen molar-refractivity contribution in [2.45, 2.75) is 43.5 Å². The Morgan fingerprint density at radius 2 is 1.96 bits per heavy atom. The van der Waals surface area contributed by atoms with Gasteiger partial charge >= 0.3 is 0 Å². The molecule has 1 aliphatic carbocycles. The molecule has 1 N–H and O–H groups in total. The molecule has 24 heavy (non-hydrogen) atoms. The molecule has 2 aromatic rings. The number of fused-ring (bicyclic) bond motifs is 1. The molecule has 1 aliphatic heterocycles. The van der Waals surface area contributed by atoms with Crippen LogP contribution >= 0.6 is 0 Å². The van der Waals surface area contributed by atoms with E-state index in [-0.39, 0.29) is 22.6 Å². The van der Waals surface area contributed by atoms with Gasteiger partial charge in [-0.15, -0.1) is 0 Å². The van der Waals surface area contributed by atoms with Crippen LogP contribution in [0.15, 0.2) is 27.5 Å². The number of carbonyl (C=O) groups is 1. The van der Waals surface area contributed by atoms with E-state index in [2.05, 4.69) is 5.32 Å². The molecule has 1 saturated heterocycles. The van der Waals surface area contributed by atoms with E-state index in [9.17, 15) is 13.2 Å². The third-order valence-corrected chi connectivity index (χ3v) is 6.62. The molecule has 0 unspecified atom stereocenters. The van der Waals surface area contributed by atoms with Crippen molar-refractivity contribution in [1.82, 2.24) is 9.62 Å². The minimum atomic E-state index is -3.48. The molecule has 0 radical (unpaired) electrons. The molecule has 1 saturated carbocycles. The van der Waals surface area contributed by atoms with Crippen LogP contribution < -0.4 is 5.32 Å². The van der Waals surface area contributed by atoms with Gasteiger partial charge in [0, 0.05) is 30.1 Å². The fourth-order valence-corrected chi connectivity index (χ4v) is 4.68. The van der Waals surface area contributed by atoms with Crippen LogP contribution in [0.3, 0.4) is 0 Å². The first-order chi connectivity index (χ1) is 11.5. The van der Waals surface area contributed by atoms with Crippen LogP contribution in [0, 0.1) is 6.92 Å². The first kappa shape index (κ1) is 15.7. The number of nitrogens with one attached hydrogen (secondary N) is 1. The summed E-state index contributed by atoms with van der Waals surface area (Å²) < 4.78 is 32.6. The van der Waals surface area contributed by atoms with Crippen molar-refractivity contribution < 1.29 is 17.6 Å². The van der Waals surface area contributed by atoms with E-state index in [1.54, 1.807) is 25.1 Å². The quantitative estimate of drug-likeness (QED) is 0.920. The minimum absolute atomic E-state index is 0.227. The smallest absolute Gasteiger partial charge is 0.287 e. The number of furan rings is 1. The topological polar surface area (TPSA) is 79.6 Å². The summed E-state index contributed by atoms with van der Waals surface area (Å²) in [5, 5.41) is 3.58. The Kier molecular flexibility index (Phi) is 3.65. The maximum Gasteiger partial charge on any atom is 0.287 e. The Morgan fingerprint density at radius 1 is 1.25 bits per heavy atom. The van der Waals surface area contributed by atoms with E-state index >= 15 is 0 Å². The van der Waals surface area contributed by atoms with Gasteiger partial charge in [0.1, 0.15) is 5.58 Å². The Hall–Kier alpha value is -1.86. The Bertz CT molecular complexity index is 906. The van der Waals surface area contributed by atoms with Gasteiger partial charge in [0.2, 0.25) is 10.0 Å². The molecule has 6 nitrogen and oxygen atoms in total. The van der Waals surface area contributed by atoms with Gasteiger partial charge in [-0.3, -0.25) is 4.79 Å². The number of hydrogen-bond donors (Lipinski definition) is 1. The SMILES string of the molecule is Cc1c(C(=O)NC2CC2)oc2ccc(S(=O)(=O)N3CCCC3)cc12. The molecule has 128 valence electrons. The minimum Gasteiger partial charge on any atom is -0.451 e. The van der Waals surface area contributed by atoms with Gasteiger partial charge in [-0.05, 0) is 50.8 Å². The maximum absolute atomic E-state index is 12.7. The number of aryl methyl sites for hydroxylation is 1. The lowest BCUT2D eigenvalue weighted by molar-refractivity contribution is 0.0924. The van der Waals surface area contributed by atoms with E-state index < -0.39 is 10.0 Å². The lowest BCUT2D eigenvalue weighted by atomic mass is 10.1. The summed E-state index contributed by atoms with van der Waals surface area (Å²) in [7, 11) is -3.48. The molecule has 2 heterocycles. The fourth-order valence-electron chi connectivity index (χ4n) is 3.13. The van der Waals surface area contributed by atoms with Crippen molar-refractivity contribution in [3.8, 4) is 0 Å². The zero-order valence-corrected chi connectivity index (χ0v) is 14.4. The van der Waals surface area contributed by atoms with Gasteiger partial charge in [-0.2, -0.15) is 4.31 Å². The van der Waals surface area contributed by atoms with Gasteiger partial charge < -0.3 is 9.73 Å². The summed E-state index contributed by atoms with van der Waals surface area (Å²) in [6.45, 7) is 2.93. The Labute approximate surface area is 140 Å². The Balaban J connectivity index is 1.72. The number of carbonyl (C=O) groups excluding carboxylic acids is 1. The van der Waals surface area contributed by atoms with Crippen LogP contribution in [0.5, 0.6) is 0 Å². The average molecular weight is 348 g/mol. The first-order valence-electron chi connectivity index (χ1n) is 8.31. The van der Waals surface area contributed by atoms with Crippen LogP contribution in [-0.2, 0) is 10.0 Å². The lowest BCUT2D eigenvalue weighted by Crippen LogP contribution is -2.27. The summed E-state index contributed by atoms with van der Waals surface area (Å²) in [6.07, 6.45) is 3.81. The van der Waals surface area contributed by atoms with Crippen molar-refractivity contribution >= 4 is 26.9 Å². The summed E-state index contributed by atoms with van der Waals surface area (Å²) in [5.41, 5.74) is 1.22. The highest BCUT2D eigenvalue weighted by atomic mass is 32.2. The molecule has 2 fully saturated rings. The van der Waals surface area contributed by atoms with E-state index in [0.717, 1.165) is 25.7 Å². The van der Waals surface area contributed by atoms with Gasteiger partial charge in [0.25, 0.3) is 5.91 Å². The lowest BCUT2D eigenvalue weighted by Gasteiger charge is -2.15. The largest absolute Gasteiger partial charge is 0.451 e. The number of benzene rings is 1. The molecule has 0 bridgehead atoms. The van der Waals surface area contributed by atoms with E-state index in [1.165, 1.54) is 4.31 Å². The number of rotatable bonds is 4. The van der Waals surface area contributed by atoms with Crippen LogP contribution in [0.4, 0.5) is 0 Å². The molecule has 2 aliphatic rings. The third kappa shape index (κ3) is 2.61. The highest BCUT2D eigenvalue weighted by Gasteiger charge is 2.29. The molecule has 1 aromatic carbocycles. The summed E-state index contributed by atoms with van der Waals surface area (Å²) in [6, 6.07) is 5.06. The normalized spacial score (nSPS) is 19.0. The number of nitrogens with zero attached hydrogens (tertiary/aromatic N) is 1. The fraction of sp³-hybridized carbons (Fsp3) is 0.471. The zero-order valence-electron chi connectivity index (χ0n) is 13.5. The first-order valence-corrected chi connectivity index (χ1v) is 9.75. The van der Waals surface area contributed by atoms with Crippen molar-refractivity contribution in [3.05, 3.63) is 29.5 Å². The van der Waals surface area contributed by atoms with E-state index in [4.69, 9.17) is 4.42 Å². The van der Waals surface area contributed by atoms with Crippen LogP contribution in [0.25, 0.3) is 11.0 Å². The van der Waals surface area contributed by atoms with Gasteiger partial charge in [0.05, 0.1) is 4.90 Å². The monoisotopic (exact) mass is 348 g/mol. The van der Waals surface area contributed by atoms with Crippen molar-refractivity contribution in [2.24, 2.45) is 0 Å². The van der Waals surface area contributed by atoms with Gasteiger partial charge in [-0.25, -0.2) is 8.42 Å². The summed E-state index contributed by atoms with van der Waals surface area (Å²) in [4.78, 5) is 12.5. The molecule has 4 rings (SSSR count). The zero-order chi connectivity index (χ0) is 16.9. The van der Waals surface area contributed by atoms with E-state index in [1.807, 2.05) is 0 Å². The third-order valence-electron chi connectivity index (χ3n) is 4.73. The second-order valence-electron chi connectivity index (χ2n) is 6.57. The van der Waals surface area contributed by atoms with Gasteiger partial charge in [0.15, 0.2) is 5.76 Å². The Morgan fingerprint density at radius 3 is 2.62 bits per heavy atom. The van der Waals surface area contributed by atoms with Crippen molar-refractivity contribution in [3.63, 3.8) is 0 Å². The summed E-state index contributed by atoms with van der Waals surface area (Å²) in [5.74, 6) is 0.0442. The van der Waals surface area contributed by atoms with Crippen LogP contribution in [0.2, 0.25) is 0 Å².